The zero-order valence-corrected chi connectivity index (χ0v) is 12.9. The number of aromatic carboxylic acids is 1. The van der Waals surface area contributed by atoms with Gasteiger partial charge in [-0.3, -0.25) is 9.48 Å². The van der Waals surface area contributed by atoms with Crippen LogP contribution in [0.5, 0.6) is 0 Å². The zero-order chi connectivity index (χ0) is 16.3. The van der Waals surface area contributed by atoms with Gasteiger partial charge in [0.2, 0.25) is 0 Å². The molecule has 1 aromatic carbocycles. The van der Waals surface area contributed by atoms with Gasteiger partial charge in [-0.25, -0.2) is 4.79 Å². The maximum Gasteiger partial charge on any atom is 0.336 e. The number of rotatable bonds is 5. The van der Waals surface area contributed by atoms with Crippen LogP contribution in [0, 0.1) is 13.8 Å². The number of hydrogen-bond donors (Lipinski definition) is 2. The number of carbonyl (C=O) groups excluding carboxylic acids is 1. The predicted octanol–water partition coefficient (Wildman–Crippen LogP) is 2.86. The highest BCUT2D eigenvalue weighted by Crippen LogP contribution is 2.21. The van der Waals surface area contributed by atoms with E-state index < -0.39 is 5.97 Å². The van der Waals surface area contributed by atoms with Crippen molar-refractivity contribution in [2.24, 2.45) is 0 Å². The zero-order valence-electron chi connectivity index (χ0n) is 12.9. The molecule has 2 aromatic rings. The maximum absolute atomic E-state index is 12.4. The first-order valence-electron chi connectivity index (χ1n) is 7.11. The molecule has 6 heteroatoms. The average molecular weight is 301 g/mol. The minimum atomic E-state index is -1.01. The fourth-order valence-corrected chi connectivity index (χ4v) is 2.32. The van der Waals surface area contributed by atoms with Gasteiger partial charge < -0.3 is 10.4 Å². The standard InChI is InChI=1S/C16H19N3O3/c1-4-7-19-14(5-6-17-19)15(20)18-13-9-12(16(21)22)10(2)8-11(13)3/h5-6,8-9H,4,7H2,1-3H3,(H,18,20)(H,21,22). The Labute approximate surface area is 128 Å². The number of hydrogen-bond acceptors (Lipinski definition) is 3. The molecular weight excluding hydrogens is 282 g/mol. The number of anilines is 1. The lowest BCUT2D eigenvalue weighted by atomic mass is 10.0. The molecule has 0 aliphatic carbocycles. The summed E-state index contributed by atoms with van der Waals surface area (Å²) in [5.74, 6) is -1.31. The first kappa shape index (κ1) is 15.8. The SMILES string of the molecule is CCCn1nccc1C(=O)Nc1cc(C(=O)O)c(C)cc1C. The van der Waals surface area contributed by atoms with Gasteiger partial charge in [-0.2, -0.15) is 5.10 Å². The van der Waals surface area contributed by atoms with Crippen molar-refractivity contribution in [2.45, 2.75) is 33.7 Å². The largest absolute Gasteiger partial charge is 0.478 e. The molecule has 2 rings (SSSR count). The number of carbonyl (C=O) groups is 2. The van der Waals surface area contributed by atoms with Crippen LogP contribution in [0.4, 0.5) is 5.69 Å². The third-order valence-electron chi connectivity index (χ3n) is 3.43. The number of aromatic nitrogens is 2. The highest BCUT2D eigenvalue weighted by atomic mass is 16.4. The van der Waals surface area contributed by atoms with E-state index in [0.29, 0.717) is 23.5 Å². The quantitative estimate of drug-likeness (QED) is 0.889. The van der Waals surface area contributed by atoms with Gasteiger partial charge in [-0.05, 0) is 43.5 Å². The molecule has 0 unspecified atom stereocenters. The van der Waals surface area contributed by atoms with Crippen molar-refractivity contribution in [1.82, 2.24) is 9.78 Å². The van der Waals surface area contributed by atoms with Crippen molar-refractivity contribution < 1.29 is 14.7 Å². The van der Waals surface area contributed by atoms with E-state index in [4.69, 9.17) is 0 Å². The first-order chi connectivity index (χ1) is 10.4. The van der Waals surface area contributed by atoms with Crippen molar-refractivity contribution in [3.8, 4) is 0 Å². The predicted molar refractivity (Wildman–Crippen MR) is 83.3 cm³/mol. The first-order valence-corrected chi connectivity index (χ1v) is 7.11. The maximum atomic E-state index is 12.4. The molecule has 116 valence electrons. The summed E-state index contributed by atoms with van der Waals surface area (Å²) in [6.07, 6.45) is 2.45. The second-order valence-corrected chi connectivity index (χ2v) is 5.18. The van der Waals surface area contributed by atoms with Gasteiger partial charge in [-0.15, -0.1) is 0 Å². The van der Waals surface area contributed by atoms with Crippen LogP contribution in [0.3, 0.4) is 0 Å². The second-order valence-electron chi connectivity index (χ2n) is 5.18. The van der Waals surface area contributed by atoms with Crippen molar-refractivity contribution in [3.05, 3.63) is 46.8 Å². The van der Waals surface area contributed by atoms with Gasteiger partial charge in [0.1, 0.15) is 5.69 Å². The number of carboxylic acid groups (broad SMARTS) is 1. The molecule has 0 aliphatic rings. The fraction of sp³-hybridized carbons (Fsp3) is 0.312. The molecule has 0 bridgehead atoms. The summed E-state index contributed by atoms with van der Waals surface area (Å²) in [7, 11) is 0. The average Bonchev–Trinajstić information content (AvgIpc) is 2.90. The van der Waals surface area contributed by atoms with Crippen LogP contribution in [-0.2, 0) is 6.54 Å². The van der Waals surface area contributed by atoms with Gasteiger partial charge in [-0.1, -0.05) is 13.0 Å². The molecule has 2 N–H and O–H groups in total. The van der Waals surface area contributed by atoms with Gasteiger partial charge in [0, 0.05) is 18.4 Å². The highest BCUT2D eigenvalue weighted by molar-refractivity contribution is 6.04. The monoisotopic (exact) mass is 301 g/mol. The Balaban J connectivity index is 2.30. The minimum Gasteiger partial charge on any atom is -0.478 e. The number of nitrogens with one attached hydrogen (secondary N) is 1. The molecule has 1 heterocycles. The Kier molecular flexibility index (Phi) is 4.60. The summed E-state index contributed by atoms with van der Waals surface area (Å²) in [6, 6.07) is 4.89. The lowest BCUT2D eigenvalue weighted by Crippen LogP contribution is -2.19. The minimum absolute atomic E-state index is 0.183. The third kappa shape index (κ3) is 3.16. The van der Waals surface area contributed by atoms with E-state index in [2.05, 4.69) is 10.4 Å². The van der Waals surface area contributed by atoms with Crippen LogP contribution >= 0.6 is 0 Å². The van der Waals surface area contributed by atoms with E-state index in [9.17, 15) is 14.7 Å². The van der Waals surface area contributed by atoms with E-state index in [1.807, 2.05) is 13.8 Å². The molecule has 6 nitrogen and oxygen atoms in total. The lowest BCUT2D eigenvalue weighted by Gasteiger charge is -2.12. The summed E-state index contributed by atoms with van der Waals surface area (Å²) in [5.41, 5.74) is 2.62. The summed E-state index contributed by atoms with van der Waals surface area (Å²) in [4.78, 5) is 23.6. The van der Waals surface area contributed by atoms with Crippen LogP contribution in [0.1, 0.15) is 45.3 Å². The van der Waals surface area contributed by atoms with E-state index in [1.54, 1.807) is 29.9 Å². The second kappa shape index (κ2) is 6.43. The molecule has 1 aromatic heterocycles. The van der Waals surface area contributed by atoms with Crippen LogP contribution < -0.4 is 5.32 Å². The molecule has 0 spiro atoms. The van der Waals surface area contributed by atoms with Crippen molar-refractivity contribution in [2.75, 3.05) is 5.32 Å². The summed E-state index contributed by atoms with van der Waals surface area (Å²) in [5, 5.41) is 16.1. The smallest absolute Gasteiger partial charge is 0.336 e. The van der Waals surface area contributed by atoms with E-state index in [-0.39, 0.29) is 11.5 Å². The molecule has 1 amide bonds. The summed E-state index contributed by atoms with van der Waals surface area (Å²) >= 11 is 0. The van der Waals surface area contributed by atoms with Gasteiger partial charge in [0.15, 0.2) is 0 Å². The number of aryl methyl sites for hydroxylation is 3. The number of amides is 1. The topological polar surface area (TPSA) is 84.2 Å². The lowest BCUT2D eigenvalue weighted by molar-refractivity contribution is 0.0695. The molecule has 0 aliphatic heterocycles. The Bertz CT molecular complexity index is 719. The van der Waals surface area contributed by atoms with Crippen LogP contribution in [0.15, 0.2) is 24.4 Å². The van der Waals surface area contributed by atoms with Crippen molar-refractivity contribution in [3.63, 3.8) is 0 Å². The normalized spacial score (nSPS) is 10.5. The number of carboxylic acids is 1. The van der Waals surface area contributed by atoms with Gasteiger partial charge in [0.25, 0.3) is 5.91 Å². The van der Waals surface area contributed by atoms with Gasteiger partial charge >= 0.3 is 5.97 Å². The molecule has 0 saturated heterocycles. The summed E-state index contributed by atoms with van der Waals surface area (Å²) < 4.78 is 1.64. The Morgan fingerprint density at radius 3 is 2.64 bits per heavy atom. The molecule has 0 radical (unpaired) electrons. The van der Waals surface area contributed by atoms with Crippen LogP contribution in [-0.4, -0.2) is 26.8 Å². The van der Waals surface area contributed by atoms with E-state index in [1.165, 1.54) is 6.07 Å². The van der Waals surface area contributed by atoms with E-state index >= 15 is 0 Å². The molecular formula is C16H19N3O3. The van der Waals surface area contributed by atoms with E-state index in [0.717, 1.165) is 12.0 Å². The summed E-state index contributed by atoms with van der Waals surface area (Å²) in [6.45, 7) is 6.23. The van der Waals surface area contributed by atoms with Crippen molar-refractivity contribution in [1.29, 1.82) is 0 Å². The molecule has 0 atom stereocenters. The van der Waals surface area contributed by atoms with Crippen LogP contribution in [0.2, 0.25) is 0 Å². The molecule has 0 fully saturated rings. The van der Waals surface area contributed by atoms with Crippen molar-refractivity contribution >= 4 is 17.6 Å². The Morgan fingerprint density at radius 2 is 2.00 bits per heavy atom. The Morgan fingerprint density at radius 1 is 1.27 bits per heavy atom. The fourth-order valence-electron chi connectivity index (χ4n) is 2.32. The third-order valence-corrected chi connectivity index (χ3v) is 3.43. The van der Waals surface area contributed by atoms with Crippen LogP contribution in [0.25, 0.3) is 0 Å². The molecule has 22 heavy (non-hydrogen) atoms. The Hall–Kier alpha value is -2.63. The van der Waals surface area contributed by atoms with Gasteiger partial charge in [0.05, 0.1) is 5.56 Å². The number of benzene rings is 1. The highest BCUT2D eigenvalue weighted by Gasteiger charge is 2.15. The number of nitrogens with zero attached hydrogens (tertiary/aromatic N) is 2. The molecule has 0 saturated carbocycles.